The molecule has 0 amide bonds. The van der Waals surface area contributed by atoms with Crippen molar-refractivity contribution in [2.45, 2.75) is 6.42 Å². The van der Waals surface area contributed by atoms with E-state index >= 15 is 0 Å². The van der Waals surface area contributed by atoms with Gasteiger partial charge < -0.3 is 0 Å². The number of pyridine rings is 1. The number of thiophene rings is 1. The molecule has 0 saturated heterocycles. The first-order valence-electron chi connectivity index (χ1n) is 15.4. The van der Waals surface area contributed by atoms with Gasteiger partial charge in [-0.15, -0.1) is 11.3 Å². The fourth-order valence-corrected chi connectivity index (χ4v) is 8.63. The summed E-state index contributed by atoms with van der Waals surface area (Å²) in [4.78, 5) is 5.00. The summed E-state index contributed by atoms with van der Waals surface area (Å²) in [5, 5.41) is 10.3. The SMILES string of the molecule is C1=Cc2c(c3ccccc3c3ccccc23)C=C(c2ccc3sc4c(-n5c6ccccc6c6ccccc65)nccc4c3c2)C1. The van der Waals surface area contributed by atoms with Crippen molar-refractivity contribution in [2.24, 2.45) is 0 Å². The van der Waals surface area contributed by atoms with Gasteiger partial charge in [-0.3, -0.25) is 4.57 Å². The summed E-state index contributed by atoms with van der Waals surface area (Å²) >= 11 is 1.84. The number of fused-ring (bicyclic) bond motifs is 12. The van der Waals surface area contributed by atoms with Crippen LogP contribution in [0.5, 0.6) is 0 Å². The number of rotatable bonds is 2. The Balaban J connectivity index is 1.19. The number of benzene rings is 6. The molecule has 3 aromatic heterocycles. The van der Waals surface area contributed by atoms with Crippen LogP contribution in [0.25, 0.3) is 87.1 Å². The Morgan fingerprint density at radius 2 is 1.18 bits per heavy atom. The first kappa shape index (κ1) is 24.9. The van der Waals surface area contributed by atoms with Crippen molar-refractivity contribution in [3.05, 3.63) is 150 Å². The molecule has 0 fully saturated rings. The lowest BCUT2D eigenvalue weighted by molar-refractivity contribution is 1.11. The molecule has 210 valence electrons. The molecule has 0 unspecified atom stereocenters. The second kappa shape index (κ2) is 9.49. The van der Waals surface area contributed by atoms with E-state index in [2.05, 4.69) is 144 Å². The van der Waals surface area contributed by atoms with Gasteiger partial charge in [-0.25, -0.2) is 4.98 Å². The highest BCUT2D eigenvalue weighted by atomic mass is 32.1. The Morgan fingerprint density at radius 1 is 0.556 bits per heavy atom. The van der Waals surface area contributed by atoms with Crippen LogP contribution in [0.15, 0.2) is 134 Å². The lowest BCUT2D eigenvalue weighted by Crippen LogP contribution is -1.96. The van der Waals surface area contributed by atoms with E-state index in [-0.39, 0.29) is 0 Å². The first-order chi connectivity index (χ1) is 22.3. The summed E-state index contributed by atoms with van der Waals surface area (Å²) in [6, 6.07) is 44.2. The highest BCUT2D eigenvalue weighted by Crippen LogP contribution is 2.42. The van der Waals surface area contributed by atoms with Crippen molar-refractivity contribution in [1.82, 2.24) is 9.55 Å². The van der Waals surface area contributed by atoms with Crippen LogP contribution in [0.4, 0.5) is 0 Å². The van der Waals surface area contributed by atoms with E-state index in [0.29, 0.717) is 0 Å². The van der Waals surface area contributed by atoms with Crippen LogP contribution in [-0.2, 0) is 0 Å². The molecular weight excluding hydrogens is 565 g/mol. The minimum absolute atomic E-state index is 0.888. The van der Waals surface area contributed by atoms with E-state index in [0.717, 1.165) is 12.2 Å². The minimum atomic E-state index is 0.888. The van der Waals surface area contributed by atoms with Crippen LogP contribution in [0.2, 0.25) is 0 Å². The van der Waals surface area contributed by atoms with E-state index in [1.807, 2.05) is 17.5 Å². The van der Waals surface area contributed by atoms with Gasteiger partial charge in [-0.05, 0) is 86.6 Å². The lowest BCUT2D eigenvalue weighted by atomic mass is 9.90. The smallest absolute Gasteiger partial charge is 0.155 e. The fourth-order valence-electron chi connectivity index (χ4n) is 7.47. The molecule has 9 aromatic rings. The molecule has 10 rings (SSSR count). The van der Waals surface area contributed by atoms with E-state index < -0.39 is 0 Å². The molecule has 0 spiro atoms. The van der Waals surface area contributed by atoms with E-state index in [9.17, 15) is 0 Å². The topological polar surface area (TPSA) is 17.8 Å². The largest absolute Gasteiger partial charge is 0.293 e. The average Bonchev–Trinajstić information content (AvgIpc) is 3.54. The molecule has 1 aliphatic carbocycles. The van der Waals surface area contributed by atoms with Crippen molar-refractivity contribution >= 4 is 92.6 Å². The standard InChI is InChI=1S/C42H26N2S/c1-2-13-30-28(11-1)29-12-3-4-14-31(29)36-24-26(10-9-17-32(30)36)27-20-21-40-37(25-27)35-22-23-43-42(41(35)45-40)44-38-18-7-5-15-33(38)34-16-6-8-19-39(34)44/h1-9,11-25H,10H2. The molecule has 0 bridgehead atoms. The van der Waals surface area contributed by atoms with Crippen LogP contribution in [0.1, 0.15) is 23.1 Å². The maximum atomic E-state index is 5.00. The average molecular weight is 591 g/mol. The summed E-state index contributed by atoms with van der Waals surface area (Å²) in [5.41, 5.74) is 7.59. The Morgan fingerprint density at radius 3 is 1.89 bits per heavy atom. The van der Waals surface area contributed by atoms with Crippen LogP contribution in [0, 0.1) is 0 Å². The third kappa shape index (κ3) is 3.59. The number of hydrogen-bond donors (Lipinski definition) is 0. The van der Waals surface area contributed by atoms with Crippen molar-refractivity contribution in [1.29, 1.82) is 0 Å². The monoisotopic (exact) mass is 590 g/mol. The molecular formula is C42H26N2S. The molecule has 0 aliphatic heterocycles. The molecule has 0 radical (unpaired) electrons. The highest BCUT2D eigenvalue weighted by molar-refractivity contribution is 7.26. The minimum Gasteiger partial charge on any atom is -0.293 e. The lowest BCUT2D eigenvalue weighted by Gasteiger charge is -2.13. The Kier molecular flexibility index (Phi) is 5.25. The van der Waals surface area contributed by atoms with E-state index in [1.165, 1.54) is 85.8 Å². The number of hydrogen-bond acceptors (Lipinski definition) is 2. The molecule has 45 heavy (non-hydrogen) atoms. The quantitative estimate of drug-likeness (QED) is 0.183. The van der Waals surface area contributed by atoms with Gasteiger partial charge in [0.1, 0.15) is 0 Å². The zero-order valence-electron chi connectivity index (χ0n) is 24.4. The zero-order valence-corrected chi connectivity index (χ0v) is 25.2. The molecule has 1 aliphatic rings. The predicted molar refractivity (Wildman–Crippen MR) is 194 cm³/mol. The van der Waals surface area contributed by atoms with Gasteiger partial charge in [0.15, 0.2) is 5.82 Å². The van der Waals surface area contributed by atoms with Gasteiger partial charge in [0.05, 0.1) is 15.7 Å². The zero-order chi connectivity index (χ0) is 29.5. The number of allylic oxidation sites excluding steroid dienone is 2. The maximum Gasteiger partial charge on any atom is 0.155 e. The van der Waals surface area contributed by atoms with Gasteiger partial charge >= 0.3 is 0 Å². The molecule has 0 saturated carbocycles. The van der Waals surface area contributed by atoms with Crippen LogP contribution < -0.4 is 0 Å². The molecule has 6 aromatic carbocycles. The second-order valence-electron chi connectivity index (χ2n) is 11.9. The predicted octanol–water partition coefficient (Wildman–Crippen LogP) is 11.8. The van der Waals surface area contributed by atoms with Crippen LogP contribution in [0.3, 0.4) is 0 Å². The van der Waals surface area contributed by atoms with Crippen LogP contribution in [-0.4, -0.2) is 9.55 Å². The van der Waals surface area contributed by atoms with E-state index in [1.54, 1.807) is 0 Å². The number of nitrogens with zero attached hydrogens (tertiary/aromatic N) is 2. The van der Waals surface area contributed by atoms with Crippen molar-refractivity contribution in [3.63, 3.8) is 0 Å². The summed E-state index contributed by atoms with van der Waals surface area (Å²) in [6.45, 7) is 0. The first-order valence-corrected chi connectivity index (χ1v) is 16.3. The van der Waals surface area contributed by atoms with E-state index in [4.69, 9.17) is 4.98 Å². The number of aromatic nitrogens is 2. The van der Waals surface area contributed by atoms with Gasteiger partial charge in [-0.1, -0.05) is 103 Å². The molecule has 3 heteroatoms. The Bertz CT molecular complexity index is 2680. The second-order valence-corrected chi connectivity index (χ2v) is 12.9. The highest BCUT2D eigenvalue weighted by Gasteiger charge is 2.19. The summed E-state index contributed by atoms with van der Waals surface area (Å²) in [6.07, 6.45) is 9.96. The molecule has 0 N–H and O–H groups in total. The maximum absolute atomic E-state index is 5.00. The van der Waals surface area contributed by atoms with Crippen molar-refractivity contribution < 1.29 is 0 Å². The molecule has 2 nitrogen and oxygen atoms in total. The van der Waals surface area contributed by atoms with Crippen molar-refractivity contribution in [3.8, 4) is 5.82 Å². The van der Waals surface area contributed by atoms with Crippen LogP contribution >= 0.6 is 11.3 Å². The molecule has 3 heterocycles. The molecule has 0 atom stereocenters. The van der Waals surface area contributed by atoms with Crippen molar-refractivity contribution in [2.75, 3.05) is 0 Å². The third-order valence-corrected chi connectivity index (χ3v) is 10.7. The third-order valence-electron chi connectivity index (χ3n) is 9.49. The summed E-state index contributed by atoms with van der Waals surface area (Å²) in [5.74, 6) is 0.997. The van der Waals surface area contributed by atoms with Gasteiger partial charge in [-0.2, -0.15) is 0 Å². The Hall–Kier alpha value is -5.51. The van der Waals surface area contributed by atoms with Gasteiger partial charge in [0, 0.05) is 32.4 Å². The fraction of sp³-hybridized carbons (Fsp3) is 0.0238. The normalized spacial score (nSPS) is 13.3. The Labute approximate surface area is 263 Å². The summed E-state index contributed by atoms with van der Waals surface area (Å²) < 4.78 is 4.84. The summed E-state index contributed by atoms with van der Waals surface area (Å²) in [7, 11) is 0. The van der Waals surface area contributed by atoms with Gasteiger partial charge in [0.25, 0.3) is 0 Å². The van der Waals surface area contributed by atoms with Gasteiger partial charge in [0.2, 0.25) is 0 Å². The number of para-hydroxylation sites is 2.